The molecule has 1 saturated carbocycles. The molecule has 0 bridgehead atoms. The van der Waals surface area contributed by atoms with Crippen molar-refractivity contribution in [1.82, 2.24) is 15.2 Å². The van der Waals surface area contributed by atoms with Crippen molar-refractivity contribution >= 4 is 29.1 Å². The largest absolute Gasteiger partial charge is 0.366 e. The van der Waals surface area contributed by atoms with Gasteiger partial charge in [0.1, 0.15) is 0 Å². The van der Waals surface area contributed by atoms with Gasteiger partial charge in [-0.2, -0.15) is 10.1 Å². The summed E-state index contributed by atoms with van der Waals surface area (Å²) < 4.78 is 0. The van der Waals surface area contributed by atoms with Crippen LogP contribution in [0, 0.1) is 6.92 Å². The van der Waals surface area contributed by atoms with Crippen molar-refractivity contribution in [3.05, 3.63) is 35.0 Å². The maximum atomic E-state index is 6.12. The van der Waals surface area contributed by atoms with E-state index in [0.29, 0.717) is 17.0 Å². The number of nitrogens with zero attached hydrogens (tertiary/aromatic N) is 3. The average Bonchev–Trinajstić information content (AvgIpc) is 2.96. The lowest BCUT2D eigenvalue weighted by Crippen LogP contribution is -2.16. The zero-order chi connectivity index (χ0) is 14.7. The van der Waals surface area contributed by atoms with Crippen LogP contribution in [-0.4, -0.2) is 21.2 Å². The maximum absolute atomic E-state index is 6.12. The van der Waals surface area contributed by atoms with E-state index in [0.717, 1.165) is 17.1 Å². The zero-order valence-corrected chi connectivity index (χ0v) is 12.7. The number of hydrogen-bond acceptors (Lipinski definition) is 5. The number of aromatic nitrogens is 3. The Kier molecular flexibility index (Phi) is 4.20. The summed E-state index contributed by atoms with van der Waals surface area (Å²) in [6.45, 7) is 1.97. The van der Waals surface area contributed by atoms with Gasteiger partial charge in [-0.25, -0.2) is 0 Å². The van der Waals surface area contributed by atoms with Crippen LogP contribution in [0.1, 0.15) is 31.2 Å². The fourth-order valence-corrected chi connectivity index (χ4v) is 2.69. The standard InChI is InChI=1S/C15H18ClN5/c1-10-6-7-12(8-13(10)16)19-15-20-14(9-17-21-15)18-11-4-2-3-5-11/h6-9,11H,2-5H2,1H3,(H2,18,19,20,21). The summed E-state index contributed by atoms with van der Waals surface area (Å²) in [5, 5.41) is 15.3. The Morgan fingerprint density at radius 2 is 2.05 bits per heavy atom. The molecule has 2 aromatic rings. The van der Waals surface area contributed by atoms with Crippen molar-refractivity contribution in [3.8, 4) is 0 Å². The molecule has 0 saturated heterocycles. The molecule has 0 unspecified atom stereocenters. The molecule has 3 rings (SSSR count). The highest BCUT2D eigenvalue weighted by molar-refractivity contribution is 6.31. The van der Waals surface area contributed by atoms with E-state index in [9.17, 15) is 0 Å². The van der Waals surface area contributed by atoms with Gasteiger partial charge in [-0.15, -0.1) is 5.10 Å². The molecule has 0 amide bonds. The maximum Gasteiger partial charge on any atom is 0.249 e. The molecule has 6 heteroatoms. The molecular formula is C15H18ClN5. The predicted molar refractivity (Wildman–Crippen MR) is 85.2 cm³/mol. The first-order valence-electron chi connectivity index (χ1n) is 7.20. The normalized spacial score (nSPS) is 15.1. The van der Waals surface area contributed by atoms with E-state index in [1.165, 1.54) is 25.7 Å². The van der Waals surface area contributed by atoms with Gasteiger partial charge in [0.25, 0.3) is 0 Å². The second kappa shape index (κ2) is 6.26. The Morgan fingerprint density at radius 1 is 1.24 bits per heavy atom. The van der Waals surface area contributed by atoms with E-state index in [1.54, 1.807) is 6.20 Å². The van der Waals surface area contributed by atoms with E-state index in [1.807, 2.05) is 25.1 Å². The molecule has 0 spiro atoms. The highest BCUT2D eigenvalue weighted by Gasteiger charge is 2.15. The van der Waals surface area contributed by atoms with Crippen LogP contribution in [0.25, 0.3) is 0 Å². The lowest BCUT2D eigenvalue weighted by atomic mass is 10.2. The third-order valence-electron chi connectivity index (χ3n) is 3.69. The lowest BCUT2D eigenvalue weighted by molar-refractivity contribution is 0.747. The topological polar surface area (TPSA) is 62.7 Å². The Hall–Kier alpha value is -1.88. The summed E-state index contributed by atoms with van der Waals surface area (Å²) in [4.78, 5) is 4.44. The van der Waals surface area contributed by atoms with Crippen LogP contribution in [0.2, 0.25) is 5.02 Å². The van der Waals surface area contributed by atoms with Crippen molar-refractivity contribution in [2.24, 2.45) is 0 Å². The number of rotatable bonds is 4. The molecule has 2 N–H and O–H groups in total. The fraction of sp³-hybridized carbons (Fsp3) is 0.400. The molecule has 1 heterocycles. The van der Waals surface area contributed by atoms with E-state index in [2.05, 4.69) is 25.8 Å². The van der Waals surface area contributed by atoms with Crippen molar-refractivity contribution in [1.29, 1.82) is 0 Å². The second-order valence-electron chi connectivity index (χ2n) is 5.38. The molecule has 0 radical (unpaired) electrons. The van der Waals surface area contributed by atoms with Gasteiger partial charge >= 0.3 is 0 Å². The highest BCUT2D eigenvalue weighted by atomic mass is 35.5. The molecular weight excluding hydrogens is 286 g/mol. The number of aryl methyl sites for hydroxylation is 1. The number of benzene rings is 1. The zero-order valence-electron chi connectivity index (χ0n) is 11.9. The number of anilines is 3. The smallest absolute Gasteiger partial charge is 0.249 e. The molecule has 1 aromatic heterocycles. The highest BCUT2D eigenvalue weighted by Crippen LogP contribution is 2.23. The summed E-state index contributed by atoms with van der Waals surface area (Å²) in [5.74, 6) is 1.23. The average molecular weight is 304 g/mol. The Bertz CT molecular complexity index is 625. The van der Waals surface area contributed by atoms with Gasteiger partial charge < -0.3 is 10.6 Å². The Balaban J connectivity index is 1.71. The molecule has 21 heavy (non-hydrogen) atoms. The third kappa shape index (κ3) is 3.61. The van der Waals surface area contributed by atoms with E-state index in [-0.39, 0.29) is 0 Å². The van der Waals surface area contributed by atoms with Crippen LogP contribution in [0.15, 0.2) is 24.4 Å². The Morgan fingerprint density at radius 3 is 2.81 bits per heavy atom. The van der Waals surface area contributed by atoms with E-state index in [4.69, 9.17) is 11.6 Å². The Labute approximate surface area is 129 Å². The van der Waals surface area contributed by atoms with Gasteiger partial charge in [0, 0.05) is 16.8 Å². The summed E-state index contributed by atoms with van der Waals surface area (Å²) in [6.07, 6.45) is 6.61. The van der Waals surface area contributed by atoms with Gasteiger partial charge in [-0.1, -0.05) is 30.5 Å². The first kappa shape index (κ1) is 14.1. The lowest BCUT2D eigenvalue weighted by Gasteiger charge is -2.12. The molecule has 0 aliphatic heterocycles. The molecule has 1 aliphatic rings. The van der Waals surface area contributed by atoms with Crippen molar-refractivity contribution < 1.29 is 0 Å². The van der Waals surface area contributed by atoms with Gasteiger partial charge in [0.2, 0.25) is 5.95 Å². The minimum atomic E-state index is 0.470. The predicted octanol–water partition coefficient (Wildman–Crippen LogP) is 3.93. The minimum absolute atomic E-state index is 0.470. The summed E-state index contributed by atoms with van der Waals surface area (Å²) >= 11 is 6.12. The van der Waals surface area contributed by atoms with E-state index >= 15 is 0 Å². The van der Waals surface area contributed by atoms with Crippen molar-refractivity contribution in [2.45, 2.75) is 38.6 Å². The summed E-state index contributed by atoms with van der Waals surface area (Å²) in [6, 6.07) is 6.26. The first-order valence-corrected chi connectivity index (χ1v) is 7.58. The summed E-state index contributed by atoms with van der Waals surface area (Å²) in [5.41, 5.74) is 1.89. The van der Waals surface area contributed by atoms with Crippen LogP contribution in [-0.2, 0) is 0 Å². The van der Waals surface area contributed by atoms with Crippen molar-refractivity contribution in [2.75, 3.05) is 10.6 Å². The van der Waals surface area contributed by atoms with Crippen LogP contribution in [0.3, 0.4) is 0 Å². The number of halogens is 1. The van der Waals surface area contributed by atoms with Gasteiger partial charge in [0.05, 0.1) is 6.20 Å². The molecule has 5 nitrogen and oxygen atoms in total. The first-order chi connectivity index (χ1) is 10.2. The third-order valence-corrected chi connectivity index (χ3v) is 4.10. The monoisotopic (exact) mass is 303 g/mol. The molecule has 110 valence electrons. The van der Waals surface area contributed by atoms with Crippen LogP contribution < -0.4 is 10.6 Å². The summed E-state index contributed by atoms with van der Waals surface area (Å²) in [7, 11) is 0. The minimum Gasteiger partial charge on any atom is -0.366 e. The van der Waals surface area contributed by atoms with Gasteiger partial charge in [-0.05, 0) is 37.5 Å². The molecule has 1 fully saturated rings. The number of hydrogen-bond donors (Lipinski definition) is 2. The van der Waals surface area contributed by atoms with Crippen LogP contribution >= 0.6 is 11.6 Å². The van der Waals surface area contributed by atoms with Crippen molar-refractivity contribution in [3.63, 3.8) is 0 Å². The van der Waals surface area contributed by atoms with E-state index < -0.39 is 0 Å². The van der Waals surface area contributed by atoms with Gasteiger partial charge in [-0.3, -0.25) is 0 Å². The van der Waals surface area contributed by atoms with Gasteiger partial charge in [0.15, 0.2) is 5.82 Å². The SMILES string of the molecule is Cc1ccc(Nc2nncc(NC3CCCC3)n2)cc1Cl. The second-order valence-corrected chi connectivity index (χ2v) is 5.79. The molecule has 1 aliphatic carbocycles. The molecule has 1 aromatic carbocycles. The fourth-order valence-electron chi connectivity index (χ4n) is 2.51. The van der Waals surface area contributed by atoms with Crippen LogP contribution in [0.4, 0.5) is 17.5 Å². The quantitative estimate of drug-likeness (QED) is 0.896. The van der Waals surface area contributed by atoms with Crippen LogP contribution in [0.5, 0.6) is 0 Å². The molecule has 0 atom stereocenters. The number of nitrogens with one attached hydrogen (secondary N) is 2.